The fourth-order valence-corrected chi connectivity index (χ4v) is 2.96. The van der Waals surface area contributed by atoms with Gasteiger partial charge in [-0.2, -0.15) is 0 Å². The van der Waals surface area contributed by atoms with Crippen LogP contribution in [0.2, 0.25) is 5.15 Å². The van der Waals surface area contributed by atoms with E-state index in [9.17, 15) is 19.5 Å². The van der Waals surface area contributed by atoms with Gasteiger partial charge in [-0.1, -0.05) is 35.9 Å². The van der Waals surface area contributed by atoms with Crippen molar-refractivity contribution in [1.82, 2.24) is 9.55 Å². The number of hydrogen-bond acceptors (Lipinski definition) is 4. The van der Waals surface area contributed by atoms with Gasteiger partial charge < -0.3 is 20.1 Å². The number of anilines is 1. The first kappa shape index (κ1) is 20.1. The van der Waals surface area contributed by atoms with Gasteiger partial charge in [-0.3, -0.25) is 9.59 Å². The van der Waals surface area contributed by atoms with Gasteiger partial charge in [-0.25, -0.2) is 9.78 Å². The van der Waals surface area contributed by atoms with Crippen molar-refractivity contribution < 1.29 is 24.6 Å². The summed E-state index contributed by atoms with van der Waals surface area (Å²) >= 11 is 6.16. The molecule has 0 fully saturated rings. The van der Waals surface area contributed by atoms with E-state index in [-0.39, 0.29) is 22.7 Å². The number of carboxylic acids is 2. The van der Waals surface area contributed by atoms with Crippen LogP contribution in [0.5, 0.6) is 0 Å². The fourth-order valence-electron chi connectivity index (χ4n) is 2.74. The van der Waals surface area contributed by atoms with Crippen LogP contribution in [0.1, 0.15) is 32.0 Å². The van der Waals surface area contributed by atoms with Crippen molar-refractivity contribution in [1.29, 1.82) is 0 Å². The average Bonchev–Trinajstić information content (AvgIpc) is 3.02. The molecule has 1 heterocycles. The second-order valence-electron chi connectivity index (χ2n) is 6.18. The maximum atomic E-state index is 12.4. The zero-order valence-corrected chi connectivity index (χ0v) is 15.8. The van der Waals surface area contributed by atoms with Gasteiger partial charge in [-0.05, 0) is 29.8 Å². The van der Waals surface area contributed by atoms with E-state index >= 15 is 0 Å². The number of aromatic nitrogens is 2. The minimum absolute atomic E-state index is 0.0697. The van der Waals surface area contributed by atoms with Crippen LogP contribution in [-0.4, -0.2) is 37.6 Å². The van der Waals surface area contributed by atoms with Gasteiger partial charge in [0.2, 0.25) is 0 Å². The Bertz CT molecular complexity index is 1080. The van der Waals surface area contributed by atoms with Crippen LogP contribution in [0.4, 0.5) is 5.69 Å². The molecule has 1 aromatic heterocycles. The van der Waals surface area contributed by atoms with Crippen LogP contribution >= 0.6 is 11.6 Å². The van der Waals surface area contributed by atoms with E-state index < -0.39 is 17.8 Å². The summed E-state index contributed by atoms with van der Waals surface area (Å²) in [6, 6.07) is 12.9. The van der Waals surface area contributed by atoms with Crippen molar-refractivity contribution in [2.75, 3.05) is 5.32 Å². The Labute approximate surface area is 170 Å². The summed E-state index contributed by atoms with van der Waals surface area (Å²) in [6.45, 7) is 0.377. The molecule has 0 aliphatic carbocycles. The first-order valence-electron chi connectivity index (χ1n) is 8.49. The fraction of sp³-hybridized carbons (Fsp3) is 0.100. The molecule has 2 aromatic carbocycles. The van der Waals surface area contributed by atoms with Crippen molar-refractivity contribution >= 4 is 35.1 Å². The molecule has 3 N–H and O–H groups in total. The van der Waals surface area contributed by atoms with E-state index in [1.165, 1.54) is 18.5 Å². The number of halogens is 1. The summed E-state index contributed by atoms with van der Waals surface area (Å²) in [4.78, 5) is 38.5. The molecular formula is C20H16ClN3O5. The third kappa shape index (κ3) is 4.80. The summed E-state index contributed by atoms with van der Waals surface area (Å²) in [7, 11) is 0. The van der Waals surface area contributed by atoms with E-state index in [1.807, 2.05) is 0 Å². The number of carboxylic acid groups (broad SMARTS) is 2. The molecule has 3 rings (SSSR count). The second-order valence-corrected chi connectivity index (χ2v) is 6.54. The van der Waals surface area contributed by atoms with Crippen LogP contribution in [0.3, 0.4) is 0 Å². The van der Waals surface area contributed by atoms with E-state index in [0.717, 1.165) is 5.56 Å². The van der Waals surface area contributed by atoms with E-state index in [0.29, 0.717) is 17.9 Å². The number of carbonyl (C=O) groups is 3. The maximum Gasteiger partial charge on any atom is 0.336 e. The quantitative estimate of drug-likeness (QED) is 0.547. The SMILES string of the molecule is O=C(O)Cc1ncn(Cc2ccc(NC(=O)c3ccccc3C(=O)O)cc2)c1Cl. The molecule has 0 atom stereocenters. The van der Waals surface area contributed by atoms with Crippen molar-refractivity contribution in [2.24, 2.45) is 0 Å². The first-order chi connectivity index (χ1) is 13.8. The number of nitrogens with zero attached hydrogens (tertiary/aromatic N) is 2. The van der Waals surface area contributed by atoms with Crippen LogP contribution in [0, 0.1) is 0 Å². The number of imidazole rings is 1. The van der Waals surface area contributed by atoms with Gasteiger partial charge in [0, 0.05) is 12.2 Å². The molecule has 0 unspecified atom stereocenters. The second kappa shape index (κ2) is 8.57. The molecule has 29 heavy (non-hydrogen) atoms. The molecule has 0 saturated heterocycles. The highest BCUT2D eigenvalue weighted by molar-refractivity contribution is 6.30. The van der Waals surface area contributed by atoms with E-state index in [4.69, 9.17) is 16.7 Å². The lowest BCUT2D eigenvalue weighted by Crippen LogP contribution is -2.16. The third-order valence-corrected chi connectivity index (χ3v) is 4.56. The minimum atomic E-state index is -1.18. The number of rotatable bonds is 7. The Balaban J connectivity index is 1.70. The number of carbonyl (C=O) groups excluding carboxylic acids is 1. The van der Waals surface area contributed by atoms with Crippen molar-refractivity contribution in [2.45, 2.75) is 13.0 Å². The van der Waals surface area contributed by atoms with Gasteiger partial charge in [-0.15, -0.1) is 0 Å². The summed E-state index contributed by atoms with van der Waals surface area (Å²) < 4.78 is 1.62. The van der Waals surface area contributed by atoms with Gasteiger partial charge in [0.15, 0.2) is 0 Å². The van der Waals surface area contributed by atoms with Gasteiger partial charge in [0.05, 0.1) is 29.6 Å². The molecule has 0 aliphatic rings. The van der Waals surface area contributed by atoms with Crippen molar-refractivity contribution in [3.8, 4) is 0 Å². The third-order valence-electron chi connectivity index (χ3n) is 4.13. The van der Waals surface area contributed by atoms with Gasteiger partial charge in [0.25, 0.3) is 5.91 Å². The lowest BCUT2D eigenvalue weighted by atomic mass is 10.1. The predicted molar refractivity (Wildman–Crippen MR) is 105 cm³/mol. The molecular weight excluding hydrogens is 398 g/mol. The number of nitrogens with one attached hydrogen (secondary N) is 1. The van der Waals surface area contributed by atoms with Crippen molar-refractivity contribution in [3.05, 3.63) is 82.4 Å². The Morgan fingerprint density at radius 1 is 1.00 bits per heavy atom. The monoisotopic (exact) mass is 413 g/mol. The van der Waals surface area contributed by atoms with E-state index in [2.05, 4.69) is 10.3 Å². The Morgan fingerprint density at radius 3 is 2.28 bits per heavy atom. The normalized spacial score (nSPS) is 10.5. The Hall–Kier alpha value is -3.65. The summed E-state index contributed by atoms with van der Waals surface area (Å²) in [5.74, 6) is -2.71. The number of hydrogen-bond donors (Lipinski definition) is 3. The number of aromatic carboxylic acids is 1. The van der Waals surface area contributed by atoms with Crippen molar-refractivity contribution in [3.63, 3.8) is 0 Å². The molecule has 9 heteroatoms. The number of benzene rings is 2. The molecule has 0 spiro atoms. The molecule has 3 aromatic rings. The van der Waals surface area contributed by atoms with Crippen LogP contribution < -0.4 is 5.32 Å². The first-order valence-corrected chi connectivity index (χ1v) is 8.87. The lowest BCUT2D eigenvalue weighted by Gasteiger charge is -2.09. The topological polar surface area (TPSA) is 122 Å². The molecule has 0 saturated carbocycles. The molecule has 0 bridgehead atoms. The molecule has 148 valence electrons. The lowest BCUT2D eigenvalue weighted by molar-refractivity contribution is -0.136. The van der Waals surface area contributed by atoms with Crippen LogP contribution in [-0.2, 0) is 17.8 Å². The zero-order chi connectivity index (χ0) is 21.0. The van der Waals surface area contributed by atoms with Crippen LogP contribution in [0.15, 0.2) is 54.9 Å². The molecule has 1 amide bonds. The highest BCUT2D eigenvalue weighted by Gasteiger charge is 2.16. The Kier molecular flexibility index (Phi) is 5.94. The average molecular weight is 414 g/mol. The summed E-state index contributed by atoms with van der Waals surface area (Å²) in [6.07, 6.45) is 1.22. The van der Waals surface area contributed by atoms with Gasteiger partial charge >= 0.3 is 11.9 Å². The van der Waals surface area contributed by atoms with Gasteiger partial charge in [0.1, 0.15) is 5.15 Å². The zero-order valence-electron chi connectivity index (χ0n) is 15.0. The predicted octanol–water partition coefficient (Wildman–Crippen LogP) is 3.16. The standard InChI is InChI=1S/C20H16ClN3O5/c21-18-16(9-17(25)26)22-11-24(18)10-12-5-7-13(8-6-12)23-19(27)14-3-1-2-4-15(14)20(28)29/h1-8,11H,9-10H2,(H,23,27)(H,25,26)(H,28,29). The molecule has 8 nitrogen and oxygen atoms in total. The number of amides is 1. The Morgan fingerprint density at radius 2 is 1.66 bits per heavy atom. The molecule has 0 aliphatic heterocycles. The molecule has 0 radical (unpaired) electrons. The number of aliphatic carboxylic acids is 1. The highest BCUT2D eigenvalue weighted by atomic mass is 35.5. The smallest absolute Gasteiger partial charge is 0.336 e. The largest absolute Gasteiger partial charge is 0.481 e. The van der Waals surface area contributed by atoms with E-state index in [1.54, 1.807) is 41.0 Å². The summed E-state index contributed by atoms with van der Waals surface area (Å²) in [5, 5.41) is 21.0. The summed E-state index contributed by atoms with van der Waals surface area (Å²) in [5.41, 5.74) is 1.64. The highest BCUT2D eigenvalue weighted by Crippen LogP contribution is 2.19. The maximum absolute atomic E-state index is 12.4. The van der Waals surface area contributed by atoms with Crippen LogP contribution in [0.25, 0.3) is 0 Å². The minimum Gasteiger partial charge on any atom is -0.481 e.